The van der Waals surface area contributed by atoms with Gasteiger partial charge in [-0.25, -0.2) is 0 Å². The lowest BCUT2D eigenvalue weighted by Crippen LogP contribution is -1.89. The lowest BCUT2D eigenvalue weighted by molar-refractivity contribution is -0.104. The van der Waals surface area contributed by atoms with Crippen LogP contribution in [0.3, 0.4) is 0 Å². The van der Waals surface area contributed by atoms with E-state index in [-0.39, 0.29) is 0 Å². The van der Waals surface area contributed by atoms with Crippen LogP contribution in [0.4, 0.5) is 0 Å². The number of hydrogen-bond donors (Lipinski definition) is 0. The molecule has 0 aromatic carbocycles. The number of carbonyl (C=O) groups is 1. The zero-order chi connectivity index (χ0) is 9.52. The van der Waals surface area contributed by atoms with E-state index in [1.807, 2.05) is 12.2 Å². The molecular formula is C11H16O2. The lowest BCUT2D eigenvalue weighted by Gasteiger charge is -1.88. The van der Waals surface area contributed by atoms with E-state index >= 15 is 0 Å². The third-order valence-electron chi connectivity index (χ3n) is 2.07. The lowest BCUT2D eigenvalue weighted by atomic mass is 10.1. The van der Waals surface area contributed by atoms with Crippen LogP contribution in [0.5, 0.6) is 0 Å². The molecule has 1 aliphatic heterocycles. The van der Waals surface area contributed by atoms with Gasteiger partial charge in [0, 0.05) is 0 Å². The van der Waals surface area contributed by atoms with E-state index in [1.165, 1.54) is 18.9 Å². The summed E-state index contributed by atoms with van der Waals surface area (Å²) in [5.41, 5.74) is 0. The number of allylic oxidation sites excluding steroid dienone is 3. The van der Waals surface area contributed by atoms with Crippen molar-refractivity contribution in [2.24, 2.45) is 0 Å². The summed E-state index contributed by atoms with van der Waals surface area (Å²) in [4.78, 5) is 9.92. The fraction of sp³-hybridized carbons (Fsp3) is 0.545. The van der Waals surface area contributed by atoms with E-state index in [4.69, 9.17) is 4.74 Å². The molecule has 0 spiro atoms. The molecule has 1 saturated heterocycles. The fourth-order valence-electron chi connectivity index (χ4n) is 1.25. The molecule has 0 aromatic rings. The van der Waals surface area contributed by atoms with Crippen molar-refractivity contribution in [3.8, 4) is 0 Å². The van der Waals surface area contributed by atoms with Gasteiger partial charge in [-0.1, -0.05) is 38.0 Å². The zero-order valence-corrected chi connectivity index (χ0v) is 7.98. The molecule has 13 heavy (non-hydrogen) atoms. The zero-order valence-electron chi connectivity index (χ0n) is 7.98. The number of carbonyl (C=O) groups excluding carboxylic acids is 1. The Morgan fingerprint density at radius 1 is 1.31 bits per heavy atom. The highest BCUT2D eigenvalue weighted by Crippen LogP contribution is 2.27. The van der Waals surface area contributed by atoms with Gasteiger partial charge in [-0.05, 0) is 12.5 Å². The van der Waals surface area contributed by atoms with Crippen molar-refractivity contribution in [3.63, 3.8) is 0 Å². The molecule has 1 fully saturated rings. The van der Waals surface area contributed by atoms with E-state index in [0.717, 1.165) is 12.7 Å². The van der Waals surface area contributed by atoms with Gasteiger partial charge in [-0.3, -0.25) is 4.79 Å². The first-order chi connectivity index (χ1) is 6.38. The van der Waals surface area contributed by atoms with Gasteiger partial charge in [-0.15, -0.1) is 0 Å². The molecule has 2 atom stereocenters. The number of unbranched alkanes of at least 4 members (excludes halogenated alkanes) is 1. The second kappa shape index (κ2) is 5.70. The van der Waals surface area contributed by atoms with Crippen LogP contribution < -0.4 is 0 Å². The molecule has 0 radical (unpaired) electrons. The van der Waals surface area contributed by atoms with Crippen molar-refractivity contribution < 1.29 is 9.53 Å². The summed E-state index contributed by atoms with van der Waals surface area (Å²) in [5.74, 6) is 0. The van der Waals surface area contributed by atoms with Crippen LogP contribution in [0, 0.1) is 0 Å². The van der Waals surface area contributed by atoms with E-state index < -0.39 is 0 Å². The minimum absolute atomic E-state index is 0.294. The second-order valence-electron chi connectivity index (χ2n) is 3.19. The van der Waals surface area contributed by atoms with Gasteiger partial charge in [-0.2, -0.15) is 0 Å². The first kappa shape index (κ1) is 10.2. The second-order valence-corrected chi connectivity index (χ2v) is 3.19. The van der Waals surface area contributed by atoms with Gasteiger partial charge in [0.25, 0.3) is 0 Å². The maximum absolute atomic E-state index is 9.92. The Kier molecular flexibility index (Phi) is 4.47. The maximum Gasteiger partial charge on any atom is 0.142 e. The van der Waals surface area contributed by atoms with Crippen LogP contribution in [-0.4, -0.2) is 18.5 Å². The van der Waals surface area contributed by atoms with Gasteiger partial charge in [0.05, 0.1) is 6.10 Å². The Morgan fingerprint density at radius 3 is 2.85 bits per heavy atom. The van der Waals surface area contributed by atoms with Crippen molar-refractivity contribution >= 4 is 6.29 Å². The predicted molar refractivity (Wildman–Crippen MR) is 52.5 cm³/mol. The van der Waals surface area contributed by atoms with Gasteiger partial charge in [0.2, 0.25) is 0 Å². The molecule has 1 heterocycles. The Labute approximate surface area is 79.3 Å². The standard InChI is InChI=1S/C11H16O2/c1-2-3-7-10-11(13-10)8-5-4-6-9-12/h4-6,8-11H,2-3,7H2,1H3/b6-4+,8-5+/t10-,11?/m0/s1. The minimum atomic E-state index is 0.294. The van der Waals surface area contributed by atoms with Gasteiger partial charge < -0.3 is 4.74 Å². The largest absolute Gasteiger partial charge is 0.365 e. The molecule has 1 aliphatic rings. The molecular weight excluding hydrogens is 164 g/mol. The highest BCUT2D eigenvalue weighted by atomic mass is 16.6. The minimum Gasteiger partial charge on any atom is -0.365 e. The SMILES string of the molecule is CCCC[C@@H]1OC1/C=C/C=C/C=O. The summed E-state index contributed by atoms with van der Waals surface area (Å²) in [6.07, 6.45) is 12.2. The Hall–Kier alpha value is -0.890. The van der Waals surface area contributed by atoms with Crippen molar-refractivity contribution in [3.05, 3.63) is 24.3 Å². The number of aldehydes is 1. The molecule has 1 unspecified atom stereocenters. The van der Waals surface area contributed by atoms with Crippen LogP contribution in [-0.2, 0) is 9.53 Å². The predicted octanol–water partition coefficient (Wildman–Crippen LogP) is 2.26. The summed E-state index contributed by atoms with van der Waals surface area (Å²) in [7, 11) is 0. The Balaban J connectivity index is 2.09. The van der Waals surface area contributed by atoms with Crippen LogP contribution in [0.25, 0.3) is 0 Å². The molecule has 2 nitrogen and oxygen atoms in total. The van der Waals surface area contributed by atoms with Crippen molar-refractivity contribution in [1.82, 2.24) is 0 Å². The van der Waals surface area contributed by atoms with Gasteiger partial charge in [0.15, 0.2) is 0 Å². The quantitative estimate of drug-likeness (QED) is 0.271. The molecule has 72 valence electrons. The van der Waals surface area contributed by atoms with Crippen LogP contribution in [0.2, 0.25) is 0 Å². The van der Waals surface area contributed by atoms with E-state index in [0.29, 0.717) is 12.2 Å². The van der Waals surface area contributed by atoms with Crippen LogP contribution >= 0.6 is 0 Å². The first-order valence-corrected chi connectivity index (χ1v) is 4.82. The molecule has 0 aromatic heterocycles. The van der Waals surface area contributed by atoms with Crippen molar-refractivity contribution in [1.29, 1.82) is 0 Å². The number of epoxide rings is 1. The highest BCUT2D eigenvalue weighted by molar-refractivity contribution is 5.65. The fourth-order valence-corrected chi connectivity index (χ4v) is 1.25. The number of rotatable bonds is 6. The smallest absolute Gasteiger partial charge is 0.142 e. The normalized spacial score (nSPS) is 27.2. The van der Waals surface area contributed by atoms with Gasteiger partial charge in [0.1, 0.15) is 12.4 Å². The number of hydrogen-bond acceptors (Lipinski definition) is 2. The van der Waals surface area contributed by atoms with Crippen molar-refractivity contribution in [2.45, 2.75) is 38.4 Å². The average Bonchev–Trinajstić information content (AvgIpc) is 2.88. The van der Waals surface area contributed by atoms with Crippen molar-refractivity contribution in [2.75, 3.05) is 0 Å². The van der Waals surface area contributed by atoms with E-state index in [1.54, 1.807) is 6.08 Å². The van der Waals surface area contributed by atoms with Gasteiger partial charge >= 0.3 is 0 Å². The summed E-state index contributed by atoms with van der Waals surface area (Å²) in [5, 5.41) is 0. The third-order valence-corrected chi connectivity index (χ3v) is 2.07. The molecule has 2 heteroatoms. The van der Waals surface area contributed by atoms with E-state index in [9.17, 15) is 4.79 Å². The van der Waals surface area contributed by atoms with Crippen LogP contribution in [0.1, 0.15) is 26.2 Å². The topological polar surface area (TPSA) is 29.6 Å². The highest BCUT2D eigenvalue weighted by Gasteiger charge is 2.34. The summed E-state index contributed by atoms with van der Waals surface area (Å²) in [6, 6.07) is 0. The number of ether oxygens (including phenoxy) is 1. The Bertz CT molecular complexity index is 206. The molecule has 0 aliphatic carbocycles. The molecule has 0 amide bonds. The Morgan fingerprint density at radius 2 is 2.15 bits per heavy atom. The molecule has 0 N–H and O–H groups in total. The first-order valence-electron chi connectivity index (χ1n) is 4.82. The summed E-state index contributed by atoms with van der Waals surface area (Å²) >= 11 is 0. The van der Waals surface area contributed by atoms with E-state index in [2.05, 4.69) is 6.92 Å². The molecule has 0 saturated carbocycles. The average molecular weight is 180 g/mol. The third kappa shape index (κ3) is 4.04. The molecule has 0 bridgehead atoms. The monoisotopic (exact) mass is 180 g/mol. The van der Waals surface area contributed by atoms with Crippen LogP contribution in [0.15, 0.2) is 24.3 Å². The molecule has 1 rings (SSSR count). The summed E-state index contributed by atoms with van der Waals surface area (Å²) < 4.78 is 5.39. The summed E-state index contributed by atoms with van der Waals surface area (Å²) in [6.45, 7) is 2.18. The maximum atomic E-state index is 9.92.